The summed E-state index contributed by atoms with van der Waals surface area (Å²) in [5, 5.41) is 11.2. The monoisotopic (exact) mass is 295 g/mol. The molecule has 1 unspecified atom stereocenters. The lowest BCUT2D eigenvalue weighted by molar-refractivity contribution is -0.143. The Labute approximate surface area is 124 Å². The molecule has 1 amide bonds. The lowest BCUT2D eigenvalue weighted by Crippen LogP contribution is -2.31. The fraction of sp³-hybridized carbons (Fsp3) is 0.467. The van der Waals surface area contributed by atoms with Gasteiger partial charge in [0.25, 0.3) is 0 Å². The fourth-order valence-corrected chi connectivity index (χ4v) is 1.79. The topological polar surface area (TPSA) is 84.9 Å². The molecule has 0 aliphatic heterocycles. The van der Waals surface area contributed by atoms with Crippen molar-refractivity contribution < 1.29 is 24.2 Å². The molecular weight excluding hydrogens is 274 g/mol. The van der Waals surface area contributed by atoms with E-state index >= 15 is 0 Å². The number of carbonyl (C=O) groups excluding carboxylic acids is 1. The molecule has 21 heavy (non-hydrogen) atoms. The Hall–Kier alpha value is -2.08. The van der Waals surface area contributed by atoms with Gasteiger partial charge in [-0.05, 0) is 26.8 Å². The molecular formula is C15H21NO5. The van der Waals surface area contributed by atoms with Gasteiger partial charge in [-0.15, -0.1) is 0 Å². The molecule has 0 saturated carbocycles. The van der Waals surface area contributed by atoms with Crippen LogP contribution in [0.25, 0.3) is 0 Å². The number of amides is 1. The van der Waals surface area contributed by atoms with Crippen LogP contribution in [0.15, 0.2) is 24.3 Å². The van der Waals surface area contributed by atoms with Gasteiger partial charge in [-0.1, -0.05) is 18.2 Å². The van der Waals surface area contributed by atoms with Crippen LogP contribution in [0, 0.1) is 0 Å². The van der Waals surface area contributed by atoms with Gasteiger partial charge in [-0.3, -0.25) is 4.79 Å². The second kappa shape index (κ2) is 8.26. The molecule has 6 nitrogen and oxygen atoms in total. The largest absolute Gasteiger partial charge is 0.491 e. The quantitative estimate of drug-likeness (QED) is 0.763. The van der Waals surface area contributed by atoms with Gasteiger partial charge in [0.2, 0.25) is 5.91 Å². The maximum atomic E-state index is 11.7. The van der Waals surface area contributed by atoms with E-state index in [2.05, 4.69) is 5.32 Å². The van der Waals surface area contributed by atoms with E-state index in [9.17, 15) is 9.59 Å². The van der Waals surface area contributed by atoms with Crippen LogP contribution in [-0.4, -0.2) is 36.3 Å². The minimum Gasteiger partial charge on any atom is -0.491 e. The van der Waals surface area contributed by atoms with Gasteiger partial charge >= 0.3 is 5.97 Å². The minimum absolute atomic E-state index is 0.0351. The number of aliphatic carboxylic acids is 1. The lowest BCUT2D eigenvalue weighted by Gasteiger charge is -2.19. The Balaban J connectivity index is 2.60. The van der Waals surface area contributed by atoms with Crippen LogP contribution >= 0.6 is 0 Å². The molecule has 1 atom stereocenters. The Morgan fingerprint density at radius 2 is 1.86 bits per heavy atom. The molecule has 0 aliphatic rings. The zero-order valence-corrected chi connectivity index (χ0v) is 12.5. The van der Waals surface area contributed by atoms with Crippen LogP contribution in [0.1, 0.15) is 32.4 Å². The molecule has 1 aromatic carbocycles. The number of carboxylic acid groups (broad SMARTS) is 1. The smallest absolute Gasteiger partial charge is 0.329 e. The Bertz CT molecular complexity index is 487. The fourth-order valence-electron chi connectivity index (χ4n) is 1.79. The second-order valence-corrected chi connectivity index (χ2v) is 4.88. The molecule has 0 fully saturated rings. The van der Waals surface area contributed by atoms with Gasteiger partial charge in [0, 0.05) is 5.56 Å². The van der Waals surface area contributed by atoms with Crippen LogP contribution in [0.3, 0.4) is 0 Å². The molecule has 0 radical (unpaired) electrons. The van der Waals surface area contributed by atoms with Crippen LogP contribution in [0.2, 0.25) is 0 Å². The maximum absolute atomic E-state index is 11.7. The number of carboxylic acids is 1. The van der Waals surface area contributed by atoms with Crippen molar-refractivity contribution >= 4 is 11.9 Å². The van der Waals surface area contributed by atoms with Crippen LogP contribution < -0.4 is 10.1 Å². The highest BCUT2D eigenvalue weighted by molar-refractivity contribution is 5.78. The molecule has 1 rings (SSSR count). The van der Waals surface area contributed by atoms with Gasteiger partial charge in [0.15, 0.2) is 0 Å². The van der Waals surface area contributed by atoms with E-state index in [1.165, 1.54) is 0 Å². The molecule has 0 aromatic heterocycles. The highest BCUT2D eigenvalue weighted by atomic mass is 16.5. The van der Waals surface area contributed by atoms with Gasteiger partial charge in [0.05, 0.1) is 12.1 Å². The predicted molar refractivity (Wildman–Crippen MR) is 77.2 cm³/mol. The SMILES string of the molecule is CC(C)Oc1ccccc1C(C)NC(=O)COCC(=O)O. The summed E-state index contributed by atoms with van der Waals surface area (Å²) in [4.78, 5) is 22.0. The van der Waals surface area contributed by atoms with Gasteiger partial charge < -0.3 is 19.9 Å². The first-order valence-electron chi connectivity index (χ1n) is 6.74. The second-order valence-electron chi connectivity index (χ2n) is 4.88. The highest BCUT2D eigenvalue weighted by Gasteiger charge is 2.15. The van der Waals surface area contributed by atoms with E-state index in [0.717, 1.165) is 5.56 Å². The average molecular weight is 295 g/mol. The first-order valence-corrected chi connectivity index (χ1v) is 6.74. The Morgan fingerprint density at radius 1 is 1.19 bits per heavy atom. The van der Waals surface area contributed by atoms with E-state index in [1.54, 1.807) is 0 Å². The van der Waals surface area contributed by atoms with Crippen molar-refractivity contribution in [1.82, 2.24) is 5.32 Å². The molecule has 0 spiro atoms. The number of hydrogen-bond donors (Lipinski definition) is 2. The number of hydrogen-bond acceptors (Lipinski definition) is 4. The minimum atomic E-state index is -1.11. The summed E-state index contributed by atoms with van der Waals surface area (Å²) in [6.45, 7) is 4.91. The number of rotatable bonds is 8. The third kappa shape index (κ3) is 6.27. The summed E-state index contributed by atoms with van der Waals surface area (Å²) in [5.41, 5.74) is 0.859. The molecule has 1 aromatic rings. The van der Waals surface area contributed by atoms with E-state index in [-0.39, 0.29) is 24.7 Å². The van der Waals surface area contributed by atoms with E-state index in [0.29, 0.717) is 5.75 Å². The summed E-state index contributed by atoms with van der Waals surface area (Å²) in [5.74, 6) is -0.763. The van der Waals surface area contributed by atoms with Gasteiger partial charge in [-0.2, -0.15) is 0 Å². The predicted octanol–water partition coefficient (Wildman–Crippen LogP) is 1.75. The van der Waals surface area contributed by atoms with Crippen LogP contribution in [0.4, 0.5) is 0 Å². The number of carbonyl (C=O) groups is 2. The number of ether oxygens (including phenoxy) is 2. The van der Waals surface area contributed by atoms with Crippen LogP contribution in [-0.2, 0) is 14.3 Å². The van der Waals surface area contributed by atoms with Crippen molar-refractivity contribution in [3.05, 3.63) is 29.8 Å². The van der Waals surface area contributed by atoms with Crippen LogP contribution in [0.5, 0.6) is 5.75 Å². The summed E-state index contributed by atoms with van der Waals surface area (Å²) in [7, 11) is 0. The maximum Gasteiger partial charge on any atom is 0.329 e. The molecule has 116 valence electrons. The van der Waals surface area contributed by atoms with Gasteiger partial charge in [-0.25, -0.2) is 4.79 Å². The molecule has 6 heteroatoms. The van der Waals surface area contributed by atoms with Gasteiger partial charge in [0.1, 0.15) is 19.0 Å². The molecule has 2 N–H and O–H groups in total. The molecule has 0 saturated heterocycles. The Kier molecular flexibility index (Phi) is 6.68. The number of para-hydroxylation sites is 1. The zero-order chi connectivity index (χ0) is 15.8. The van der Waals surface area contributed by atoms with Crippen molar-refractivity contribution in [2.45, 2.75) is 32.9 Å². The zero-order valence-electron chi connectivity index (χ0n) is 12.5. The Morgan fingerprint density at radius 3 is 2.48 bits per heavy atom. The van der Waals surface area contributed by atoms with Crippen molar-refractivity contribution in [1.29, 1.82) is 0 Å². The highest BCUT2D eigenvalue weighted by Crippen LogP contribution is 2.25. The van der Waals surface area contributed by atoms with E-state index < -0.39 is 12.6 Å². The summed E-state index contributed by atoms with van der Waals surface area (Å²) in [6, 6.07) is 7.19. The van der Waals surface area contributed by atoms with Crippen molar-refractivity contribution in [2.75, 3.05) is 13.2 Å². The summed E-state index contributed by atoms with van der Waals surface area (Å²) >= 11 is 0. The normalized spacial score (nSPS) is 12.0. The molecule has 0 heterocycles. The average Bonchev–Trinajstić information content (AvgIpc) is 2.37. The van der Waals surface area contributed by atoms with E-state index in [4.69, 9.17) is 14.6 Å². The lowest BCUT2D eigenvalue weighted by atomic mass is 10.1. The van der Waals surface area contributed by atoms with Crippen molar-refractivity contribution in [2.24, 2.45) is 0 Å². The van der Waals surface area contributed by atoms with Crippen molar-refractivity contribution in [3.8, 4) is 5.75 Å². The molecule has 0 bridgehead atoms. The van der Waals surface area contributed by atoms with E-state index in [1.807, 2.05) is 45.0 Å². The third-order valence-electron chi connectivity index (χ3n) is 2.58. The first-order chi connectivity index (χ1) is 9.90. The number of benzene rings is 1. The molecule has 0 aliphatic carbocycles. The number of nitrogens with one attached hydrogen (secondary N) is 1. The summed E-state index contributed by atoms with van der Waals surface area (Å²) in [6.07, 6.45) is 0.0351. The standard InChI is InChI=1S/C15H21NO5/c1-10(2)21-13-7-5-4-6-12(13)11(3)16-14(17)8-20-9-15(18)19/h4-7,10-11H,8-9H2,1-3H3,(H,16,17)(H,18,19). The van der Waals surface area contributed by atoms with Crippen molar-refractivity contribution in [3.63, 3.8) is 0 Å². The third-order valence-corrected chi connectivity index (χ3v) is 2.58. The summed E-state index contributed by atoms with van der Waals surface area (Å²) < 4.78 is 10.4. The first kappa shape index (κ1) is 17.0.